The predicted octanol–water partition coefficient (Wildman–Crippen LogP) is 1.94. The van der Waals surface area contributed by atoms with Gasteiger partial charge in [-0.15, -0.1) is 0 Å². The molecule has 2 aromatic rings. The molecule has 0 bridgehead atoms. The van der Waals surface area contributed by atoms with E-state index in [9.17, 15) is 0 Å². The number of ether oxygens (including phenoxy) is 2. The minimum Gasteiger partial charge on any atom is -0.379 e. The van der Waals surface area contributed by atoms with Crippen molar-refractivity contribution < 1.29 is 9.47 Å². The van der Waals surface area contributed by atoms with Crippen LogP contribution in [0.1, 0.15) is 30.5 Å². The van der Waals surface area contributed by atoms with Gasteiger partial charge in [0.1, 0.15) is 5.65 Å². The molecule has 7 heteroatoms. The standard InChI is InChI=1S/C20H31N5O2/c1-16-6-3-11-25-14-17(24-19(16)25)8-10-23-20(21-2)22-9-5-12-26-15-18-7-4-13-27-18/h3,6,11,14,18H,4-5,7-10,12-13,15H2,1-2H3,(H2,21,22,23). The maximum atomic E-state index is 5.67. The first-order valence-electron chi connectivity index (χ1n) is 9.83. The number of imidazole rings is 1. The quantitative estimate of drug-likeness (QED) is 0.399. The van der Waals surface area contributed by atoms with Crippen LogP contribution in [0, 0.1) is 6.92 Å². The summed E-state index contributed by atoms with van der Waals surface area (Å²) >= 11 is 0. The molecular weight excluding hydrogens is 342 g/mol. The number of aliphatic imine (C=N–C) groups is 1. The van der Waals surface area contributed by atoms with E-state index in [4.69, 9.17) is 14.5 Å². The summed E-state index contributed by atoms with van der Waals surface area (Å²) in [6, 6.07) is 4.13. The molecule has 3 heterocycles. The fraction of sp³-hybridized carbons (Fsp3) is 0.600. The fourth-order valence-corrected chi connectivity index (χ4v) is 3.23. The molecule has 1 aliphatic heterocycles. The summed E-state index contributed by atoms with van der Waals surface area (Å²) in [6.07, 6.45) is 8.51. The van der Waals surface area contributed by atoms with E-state index >= 15 is 0 Å². The van der Waals surface area contributed by atoms with E-state index in [2.05, 4.69) is 39.2 Å². The third-order valence-electron chi connectivity index (χ3n) is 4.71. The van der Waals surface area contributed by atoms with Crippen molar-refractivity contribution in [2.24, 2.45) is 4.99 Å². The van der Waals surface area contributed by atoms with Gasteiger partial charge in [0.25, 0.3) is 0 Å². The van der Waals surface area contributed by atoms with Crippen molar-refractivity contribution in [1.29, 1.82) is 0 Å². The summed E-state index contributed by atoms with van der Waals surface area (Å²) in [5.74, 6) is 0.814. The maximum Gasteiger partial charge on any atom is 0.190 e. The fourth-order valence-electron chi connectivity index (χ4n) is 3.23. The Hall–Kier alpha value is -2.12. The lowest BCUT2D eigenvalue weighted by molar-refractivity contribution is 0.0168. The largest absolute Gasteiger partial charge is 0.379 e. The summed E-state index contributed by atoms with van der Waals surface area (Å²) in [7, 11) is 1.79. The van der Waals surface area contributed by atoms with Crippen LogP contribution in [0.5, 0.6) is 0 Å². The molecule has 0 spiro atoms. The van der Waals surface area contributed by atoms with Crippen LogP contribution in [0.25, 0.3) is 5.65 Å². The van der Waals surface area contributed by atoms with Crippen molar-refractivity contribution in [3.05, 3.63) is 35.8 Å². The lowest BCUT2D eigenvalue weighted by Crippen LogP contribution is -2.39. The molecule has 1 fully saturated rings. The van der Waals surface area contributed by atoms with Gasteiger partial charge in [-0.25, -0.2) is 4.98 Å². The minimum atomic E-state index is 0.302. The molecule has 1 atom stereocenters. The number of fused-ring (bicyclic) bond motifs is 1. The third kappa shape index (κ3) is 5.94. The number of nitrogens with zero attached hydrogens (tertiary/aromatic N) is 3. The number of guanidine groups is 1. The van der Waals surface area contributed by atoms with Crippen LogP contribution in [0.3, 0.4) is 0 Å². The molecule has 1 saturated heterocycles. The minimum absolute atomic E-state index is 0.302. The van der Waals surface area contributed by atoms with Crippen LogP contribution in [-0.2, 0) is 15.9 Å². The van der Waals surface area contributed by atoms with Crippen LogP contribution < -0.4 is 10.6 Å². The van der Waals surface area contributed by atoms with Gasteiger partial charge < -0.3 is 24.5 Å². The van der Waals surface area contributed by atoms with E-state index in [1.165, 1.54) is 5.56 Å². The van der Waals surface area contributed by atoms with Gasteiger partial charge in [-0.2, -0.15) is 0 Å². The molecular formula is C20H31N5O2. The van der Waals surface area contributed by atoms with Gasteiger partial charge in [0.2, 0.25) is 0 Å². The second kappa shape index (κ2) is 10.3. The number of aromatic nitrogens is 2. The average molecular weight is 374 g/mol. The number of nitrogens with one attached hydrogen (secondary N) is 2. The van der Waals surface area contributed by atoms with E-state index in [1.54, 1.807) is 7.05 Å². The molecule has 0 aliphatic carbocycles. The number of aryl methyl sites for hydroxylation is 1. The lowest BCUT2D eigenvalue weighted by atomic mass is 10.2. The number of rotatable bonds is 9. The normalized spacial score (nSPS) is 17.6. The van der Waals surface area contributed by atoms with Crippen LogP contribution in [0.4, 0.5) is 0 Å². The molecule has 3 rings (SSSR count). The van der Waals surface area contributed by atoms with Gasteiger partial charge >= 0.3 is 0 Å². The summed E-state index contributed by atoms with van der Waals surface area (Å²) in [6.45, 7) is 6.04. The van der Waals surface area contributed by atoms with Gasteiger partial charge in [0, 0.05) is 52.2 Å². The van der Waals surface area contributed by atoms with Crippen LogP contribution in [0.15, 0.2) is 29.5 Å². The van der Waals surface area contributed by atoms with Crippen LogP contribution in [-0.4, -0.2) is 61.4 Å². The first-order valence-corrected chi connectivity index (χ1v) is 9.83. The van der Waals surface area contributed by atoms with Gasteiger partial charge in [-0.05, 0) is 37.8 Å². The lowest BCUT2D eigenvalue weighted by Gasteiger charge is -2.12. The topological polar surface area (TPSA) is 72.2 Å². The van der Waals surface area contributed by atoms with E-state index < -0.39 is 0 Å². The molecule has 7 nitrogen and oxygen atoms in total. The van der Waals surface area contributed by atoms with Crippen molar-refractivity contribution in [2.75, 3.05) is 40.0 Å². The Morgan fingerprint density at radius 3 is 3.07 bits per heavy atom. The smallest absolute Gasteiger partial charge is 0.190 e. The van der Waals surface area contributed by atoms with Gasteiger partial charge in [-0.3, -0.25) is 4.99 Å². The van der Waals surface area contributed by atoms with Crippen molar-refractivity contribution >= 4 is 11.6 Å². The highest BCUT2D eigenvalue weighted by Crippen LogP contribution is 2.12. The summed E-state index contributed by atoms with van der Waals surface area (Å²) < 4.78 is 13.3. The van der Waals surface area contributed by atoms with Crippen molar-refractivity contribution in [3.8, 4) is 0 Å². The Morgan fingerprint density at radius 2 is 2.30 bits per heavy atom. The third-order valence-corrected chi connectivity index (χ3v) is 4.71. The Labute approximate surface area is 161 Å². The SMILES string of the molecule is CN=C(NCCCOCC1CCCO1)NCCc1cn2cccc(C)c2n1. The van der Waals surface area contributed by atoms with E-state index in [0.29, 0.717) is 12.7 Å². The van der Waals surface area contributed by atoms with Gasteiger partial charge in [0.05, 0.1) is 18.4 Å². The Kier molecular flexibility index (Phi) is 7.47. The van der Waals surface area contributed by atoms with Crippen molar-refractivity contribution in [1.82, 2.24) is 20.0 Å². The summed E-state index contributed by atoms with van der Waals surface area (Å²) in [4.78, 5) is 8.96. The Bertz CT molecular complexity index is 737. The monoisotopic (exact) mass is 373 g/mol. The highest BCUT2D eigenvalue weighted by molar-refractivity contribution is 5.79. The first kappa shape index (κ1) is 19.6. The number of hydrogen-bond acceptors (Lipinski definition) is 4. The Balaban J connectivity index is 1.29. The van der Waals surface area contributed by atoms with Crippen molar-refractivity contribution in [3.63, 3.8) is 0 Å². The Morgan fingerprint density at radius 1 is 1.41 bits per heavy atom. The van der Waals surface area contributed by atoms with E-state index in [1.807, 2.05) is 12.3 Å². The first-order chi connectivity index (χ1) is 13.3. The molecule has 27 heavy (non-hydrogen) atoms. The van der Waals surface area contributed by atoms with Crippen LogP contribution in [0.2, 0.25) is 0 Å². The molecule has 0 radical (unpaired) electrons. The second-order valence-electron chi connectivity index (χ2n) is 6.89. The van der Waals surface area contributed by atoms with E-state index in [0.717, 1.165) is 69.3 Å². The molecule has 1 aliphatic rings. The number of hydrogen-bond donors (Lipinski definition) is 2. The molecule has 0 saturated carbocycles. The zero-order valence-electron chi connectivity index (χ0n) is 16.4. The molecule has 2 N–H and O–H groups in total. The number of pyridine rings is 1. The van der Waals surface area contributed by atoms with E-state index in [-0.39, 0.29) is 0 Å². The average Bonchev–Trinajstić information content (AvgIpc) is 3.33. The molecule has 1 unspecified atom stereocenters. The van der Waals surface area contributed by atoms with Gasteiger partial charge in [-0.1, -0.05) is 6.07 Å². The maximum absolute atomic E-state index is 5.67. The molecule has 148 valence electrons. The molecule has 2 aromatic heterocycles. The summed E-state index contributed by atoms with van der Waals surface area (Å²) in [5, 5.41) is 6.66. The highest BCUT2D eigenvalue weighted by Gasteiger charge is 2.14. The molecule has 0 amide bonds. The van der Waals surface area contributed by atoms with Gasteiger partial charge in [0.15, 0.2) is 5.96 Å². The molecule has 0 aromatic carbocycles. The summed E-state index contributed by atoms with van der Waals surface area (Å²) in [5.41, 5.74) is 3.30. The zero-order valence-corrected chi connectivity index (χ0v) is 16.4. The zero-order chi connectivity index (χ0) is 18.9. The van der Waals surface area contributed by atoms with Crippen molar-refractivity contribution in [2.45, 2.75) is 38.7 Å². The highest BCUT2D eigenvalue weighted by atomic mass is 16.5. The predicted molar refractivity (Wildman–Crippen MR) is 107 cm³/mol. The second-order valence-corrected chi connectivity index (χ2v) is 6.89. The van der Waals surface area contributed by atoms with Crippen LogP contribution >= 0.6 is 0 Å².